The highest BCUT2D eigenvalue weighted by atomic mass is 79.9. The molecule has 3 aromatic carbocycles. The van der Waals surface area contributed by atoms with Gasteiger partial charge in [0.25, 0.3) is 0 Å². The Bertz CT molecular complexity index is 757. The van der Waals surface area contributed by atoms with Gasteiger partial charge < -0.3 is 22.1 Å². The lowest BCUT2D eigenvalue weighted by molar-refractivity contribution is -0.136. The second-order valence-electron chi connectivity index (χ2n) is 6.73. The molecule has 3 aromatic rings. The molecule has 1 N–H and O–H groups in total. The van der Waals surface area contributed by atoms with Gasteiger partial charge in [0, 0.05) is 0 Å². The van der Waals surface area contributed by atoms with Gasteiger partial charge in [-0.1, -0.05) is 67.9 Å². The maximum absolute atomic E-state index is 12.6. The number of unbranched alkanes of at least 4 members (excludes halogenated alkanes) is 1. The molecule has 0 saturated carbocycles. The molecule has 0 amide bonds. The van der Waals surface area contributed by atoms with Gasteiger partial charge in [-0.05, 0) is 49.2 Å². The van der Waals surface area contributed by atoms with E-state index in [2.05, 4.69) is 43.3 Å². The third kappa shape index (κ3) is 4.37. The van der Waals surface area contributed by atoms with Gasteiger partial charge in [-0.25, -0.2) is 4.79 Å². The molecule has 0 aliphatic carbocycles. The van der Waals surface area contributed by atoms with E-state index in [9.17, 15) is 9.90 Å². The van der Waals surface area contributed by atoms with E-state index in [1.54, 1.807) is 0 Å². The van der Waals surface area contributed by atoms with Gasteiger partial charge in [-0.2, -0.15) is 0 Å². The highest BCUT2D eigenvalue weighted by Crippen LogP contribution is 2.61. The van der Waals surface area contributed by atoms with Crippen molar-refractivity contribution < 1.29 is 26.9 Å². The molecule has 0 heterocycles. The summed E-state index contributed by atoms with van der Waals surface area (Å²) >= 11 is 0. The van der Waals surface area contributed by atoms with Crippen LogP contribution in [0.25, 0.3) is 0 Å². The van der Waals surface area contributed by atoms with Crippen LogP contribution in [0.1, 0.15) is 26.2 Å². The van der Waals surface area contributed by atoms with Gasteiger partial charge >= 0.3 is 5.97 Å². The summed E-state index contributed by atoms with van der Waals surface area (Å²) in [5.41, 5.74) is -0.440. The van der Waals surface area contributed by atoms with Crippen LogP contribution in [0.2, 0.25) is 0 Å². The van der Waals surface area contributed by atoms with Crippen LogP contribution < -0.4 is 32.9 Å². The highest BCUT2D eigenvalue weighted by molar-refractivity contribution is 7.96. The fraction of sp³-hybridized carbons (Fsp3) is 0.208. The number of carbonyl (C=O) groups is 1. The molecule has 4 heteroatoms. The van der Waals surface area contributed by atoms with Crippen LogP contribution in [0.5, 0.6) is 0 Å². The fourth-order valence-electron chi connectivity index (χ4n) is 3.86. The Morgan fingerprint density at radius 3 is 1.43 bits per heavy atom. The van der Waals surface area contributed by atoms with Crippen LogP contribution in [0, 0.1) is 0 Å². The van der Waals surface area contributed by atoms with Gasteiger partial charge in [-0.15, -0.1) is 0 Å². The lowest BCUT2D eigenvalue weighted by Crippen LogP contribution is -3.00. The van der Waals surface area contributed by atoms with Gasteiger partial charge in [0.2, 0.25) is 0 Å². The van der Waals surface area contributed by atoms with Crippen molar-refractivity contribution >= 4 is 29.1 Å². The Hall–Kier alpha value is -1.96. The second kappa shape index (κ2) is 10.5. The number of benzene rings is 3. The van der Waals surface area contributed by atoms with E-state index in [0.717, 1.165) is 28.8 Å². The van der Waals surface area contributed by atoms with E-state index < -0.39 is 18.9 Å². The lowest BCUT2D eigenvalue weighted by Gasteiger charge is -2.32. The van der Waals surface area contributed by atoms with Crippen molar-refractivity contribution in [2.24, 2.45) is 0 Å². The smallest absolute Gasteiger partial charge is 0.345 e. The summed E-state index contributed by atoms with van der Waals surface area (Å²) in [6, 6.07) is 30.8. The van der Waals surface area contributed by atoms with Gasteiger partial charge in [0.1, 0.15) is 23.2 Å². The minimum absolute atomic E-state index is 0. The van der Waals surface area contributed by atoms with Crippen LogP contribution in [0.3, 0.4) is 0 Å². The normalized spacial score (nSPS) is 12.0. The molecule has 146 valence electrons. The van der Waals surface area contributed by atoms with Crippen molar-refractivity contribution in [1.29, 1.82) is 0 Å². The minimum Gasteiger partial charge on any atom is -1.00 e. The second-order valence-corrected chi connectivity index (χ2v) is 10.3. The van der Waals surface area contributed by atoms with Gasteiger partial charge in [-0.3, -0.25) is 0 Å². The topological polar surface area (TPSA) is 37.3 Å². The minimum atomic E-state index is -2.35. The van der Waals surface area contributed by atoms with Crippen LogP contribution in [-0.4, -0.2) is 16.7 Å². The van der Waals surface area contributed by atoms with Gasteiger partial charge in [0.05, 0.1) is 0 Å². The molecule has 0 bridgehead atoms. The van der Waals surface area contributed by atoms with Gasteiger partial charge in [0.15, 0.2) is 5.66 Å². The average molecular weight is 457 g/mol. The predicted octanol–water partition coefficient (Wildman–Crippen LogP) is 1.63. The zero-order valence-electron chi connectivity index (χ0n) is 16.0. The average Bonchev–Trinajstić information content (AvgIpc) is 2.73. The number of carboxylic acid groups (broad SMARTS) is 1. The SMILES string of the molecule is CCCCC(C(=O)O)[P+](c1ccccc1)(c1ccccc1)c1ccccc1.[Br-]. The van der Waals surface area contributed by atoms with Crippen LogP contribution in [0.4, 0.5) is 0 Å². The fourth-order valence-corrected chi connectivity index (χ4v) is 8.66. The van der Waals surface area contributed by atoms with Crippen LogP contribution in [-0.2, 0) is 4.79 Å². The quantitative estimate of drug-likeness (QED) is 0.523. The van der Waals surface area contributed by atoms with Crippen LogP contribution in [0.15, 0.2) is 91.0 Å². The first-order valence-corrected chi connectivity index (χ1v) is 11.4. The number of rotatable bonds is 8. The van der Waals surface area contributed by atoms with Crippen molar-refractivity contribution in [1.82, 2.24) is 0 Å². The van der Waals surface area contributed by atoms with E-state index in [4.69, 9.17) is 0 Å². The summed E-state index contributed by atoms with van der Waals surface area (Å²) in [4.78, 5) is 12.6. The van der Waals surface area contributed by atoms with Crippen molar-refractivity contribution in [2.75, 3.05) is 0 Å². The lowest BCUT2D eigenvalue weighted by atomic mass is 10.2. The van der Waals surface area contributed by atoms with Crippen molar-refractivity contribution in [3.63, 3.8) is 0 Å². The molecule has 28 heavy (non-hydrogen) atoms. The molecule has 0 aliphatic heterocycles. The molecule has 0 saturated heterocycles. The summed E-state index contributed by atoms with van der Waals surface area (Å²) in [7, 11) is -2.35. The van der Waals surface area contributed by atoms with Crippen molar-refractivity contribution in [3.8, 4) is 0 Å². The Kier molecular flexibility index (Phi) is 8.41. The highest BCUT2D eigenvalue weighted by Gasteiger charge is 2.55. The van der Waals surface area contributed by atoms with E-state index in [0.29, 0.717) is 6.42 Å². The zero-order chi connectivity index (χ0) is 19.1. The van der Waals surface area contributed by atoms with Crippen molar-refractivity contribution in [3.05, 3.63) is 91.0 Å². The molecule has 0 radical (unpaired) electrons. The Morgan fingerprint density at radius 2 is 1.14 bits per heavy atom. The van der Waals surface area contributed by atoms with E-state index in [1.807, 2.05) is 54.6 Å². The number of hydrogen-bond donors (Lipinski definition) is 1. The molecule has 2 nitrogen and oxygen atoms in total. The number of aliphatic carboxylic acids is 1. The molecular formula is C24H26BrO2P. The van der Waals surface area contributed by atoms with E-state index in [1.165, 1.54) is 0 Å². The van der Waals surface area contributed by atoms with E-state index >= 15 is 0 Å². The molecule has 3 rings (SSSR count). The monoisotopic (exact) mass is 456 g/mol. The molecule has 0 fully saturated rings. The Labute approximate surface area is 178 Å². The maximum atomic E-state index is 12.6. The Morgan fingerprint density at radius 1 is 0.786 bits per heavy atom. The first kappa shape index (κ1) is 22.3. The summed E-state index contributed by atoms with van der Waals surface area (Å²) < 4.78 is 0. The summed E-state index contributed by atoms with van der Waals surface area (Å²) in [5.74, 6) is -0.701. The third-order valence-corrected chi connectivity index (χ3v) is 9.83. The molecule has 0 aromatic heterocycles. The first-order chi connectivity index (χ1) is 13.2. The van der Waals surface area contributed by atoms with Crippen molar-refractivity contribution in [2.45, 2.75) is 31.8 Å². The summed E-state index contributed by atoms with van der Waals surface area (Å²) in [6.07, 6.45) is 2.58. The third-order valence-electron chi connectivity index (χ3n) is 5.07. The number of hydrogen-bond acceptors (Lipinski definition) is 1. The number of carboxylic acids is 1. The predicted molar refractivity (Wildman–Crippen MR) is 116 cm³/mol. The number of halogens is 1. The maximum Gasteiger partial charge on any atom is 0.345 e. The van der Waals surface area contributed by atoms with E-state index in [-0.39, 0.29) is 17.0 Å². The zero-order valence-corrected chi connectivity index (χ0v) is 18.5. The summed E-state index contributed by atoms with van der Waals surface area (Å²) in [6.45, 7) is 2.12. The van der Waals surface area contributed by atoms with Crippen LogP contribution >= 0.6 is 7.26 Å². The molecule has 1 atom stereocenters. The molecular weight excluding hydrogens is 431 g/mol. The Balaban J connectivity index is 0.00000280. The largest absolute Gasteiger partial charge is 1.00 e. The summed E-state index contributed by atoms with van der Waals surface area (Å²) in [5, 5.41) is 13.7. The first-order valence-electron chi connectivity index (χ1n) is 9.49. The molecule has 0 spiro atoms. The molecule has 1 unspecified atom stereocenters. The molecule has 0 aliphatic rings. The standard InChI is InChI=1S/C24H25O2P.BrH/c1-2-3-19-23(24(25)26)27(20-13-7-4-8-14-20,21-15-9-5-10-16-21)22-17-11-6-12-18-22;/h4-18,23H,2-3,19H2,1H3;1H.